The van der Waals surface area contributed by atoms with Gasteiger partial charge in [-0.2, -0.15) is 0 Å². The van der Waals surface area contributed by atoms with E-state index in [0.29, 0.717) is 16.4 Å². The lowest BCUT2D eigenvalue weighted by atomic mass is 9.99. The third-order valence-corrected chi connectivity index (χ3v) is 5.98. The van der Waals surface area contributed by atoms with Gasteiger partial charge in [-0.05, 0) is 41.8 Å². The number of ether oxygens (including phenoxy) is 2. The summed E-state index contributed by atoms with van der Waals surface area (Å²) < 4.78 is 10.6. The van der Waals surface area contributed by atoms with E-state index >= 15 is 0 Å². The van der Waals surface area contributed by atoms with Crippen LogP contribution in [0.25, 0.3) is 5.76 Å². The van der Waals surface area contributed by atoms with Gasteiger partial charge in [0.1, 0.15) is 29.0 Å². The van der Waals surface area contributed by atoms with Crippen LogP contribution in [0.15, 0.2) is 65.6 Å². The average molecular weight is 437 g/mol. The summed E-state index contributed by atoms with van der Waals surface area (Å²) in [6.45, 7) is 0. The summed E-state index contributed by atoms with van der Waals surface area (Å²) in [6.07, 6.45) is 0. The molecule has 0 bridgehead atoms. The first kappa shape index (κ1) is 20.5. The lowest BCUT2D eigenvalue weighted by Crippen LogP contribution is -2.29. The smallest absolute Gasteiger partial charge is 0.300 e. The molecule has 2 N–H and O–H groups in total. The molecule has 1 saturated heterocycles. The molecule has 31 heavy (non-hydrogen) atoms. The predicted octanol–water partition coefficient (Wildman–Crippen LogP) is 4.10. The fourth-order valence-electron chi connectivity index (χ4n) is 3.61. The van der Waals surface area contributed by atoms with Crippen molar-refractivity contribution >= 4 is 34.5 Å². The summed E-state index contributed by atoms with van der Waals surface area (Å²) >= 11 is 1.33. The summed E-state index contributed by atoms with van der Waals surface area (Å²) in [5.74, 6) is -1.47. The molecule has 0 saturated carbocycles. The zero-order valence-corrected chi connectivity index (χ0v) is 17.6. The summed E-state index contributed by atoms with van der Waals surface area (Å²) in [4.78, 5) is 28.0. The standard InChI is InChI=1S/C23H19NO6S/c1-29-13-9-10-17(30-2)14(12-13)21(26)19-20(18-8-5-11-31-18)24(23(28)22(19)27)15-6-3-4-7-16(15)25/h3-12,20,25-26H,1-2H3/b21-19-. The number of aliphatic hydroxyl groups is 1. The summed E-state index contributed by atoms with van der Waals surface area (Å²) in [5, 5.41) is 23.4. The maximum Gasteiger partial charge on any atom is 0.300 e. The van der Waals surface area contributed by atoms with Gasteiger partial charge in [0, 0.05) is 4.88 Å². The Labute approximate surface area is 182 Å². The second kappa shape index (κ2) is 8.16. The Morgan fingerprint density at radius 2 is 1.81 bits per heavy atom. The summed E-state index contributed by atoms with van der Waals surface area (Å²) in [6, 6.07) is 13.7. The Morgan fingerprint density at radius 1 is 1.03 bits per heavy atom. The molecule has 1 aromatic heterocycles. The maximum absolute atomic E-state index is 13.1. The molecule has 8 heteroatoms. The number of rotatable bonds is 5. The summed E-state index contributed by atoms with van der Waals surface area (Å²) in [7, 11) is 2.92. The van der Waals surface area contributed by atoms with Crippen LogP contribution in [0.5, 0.6) is 17.2 Å². The van der Waals surface area contributed by atoms with Crippen molar-refractivity contribution in [3.05, 3.63) is 76.0 Å². The molecule has 7 nitrogen and oxygen atoms in total. The second-order valence-corrected chi connectivity index (χ2v) is 7.72. The highest BCUT2D eigenvalue weighted by atomic mass is 32.1. The van der Waals surface area contributed by atoms with Gasteiger partial charge >= 0.3 is 0 Å². The molecule has 158 valence electrons. The van der Waals surface area contributed by atoms with Gasteiger partial charge in [-0.25, -0.2) is 0 Å². The molecule has 0 aliphatic carbocycles. The first-order valence-electron chi connectivity index (χ1n) is 9.32. The first-order chi connectivity index (χ1) is 15.0. The molecule has 4 rings (SSSR count). The molecule has 1 unspecified atom stereocenters. The van der Waals surface area contributed by atoms with E-state index in [4.69, 9.17) is 9.47 Å². The number of ketones is 1. The molecule has 0 radical (unpaired) electrons. The number of carbonyl (C=O) groups excluding carboxylic acids is 2. The highest BCUT2D eigenvalue weighted by Crippen LogP contribution is 2.46. The van der Waals surface area contributed by atoms with Crippen molar-refractivity contribution in [3.8, 4) is 17.2 Å². The van der Waals surface area contributed by atoms with Gasteiger partial charge in [-0.3, -0.25) is 14.5 Å². The molecule has 2 heterocycles. The van der Waals surface area contributed by atoms with Crippen LogP contribution < -0.4 is 14.4 Å². The number of amides is 1. The quantitative estimate of drug-likeness (QED) is 0.354. The Morgan fingerprint density at radius 3 is 2.45 bits per heavy atom. The van der Waals surface area contributed by atoms with Crippen molar-refractivity contribution in [2.45, 2.75) is 6.04 Å². The minimum Gasteiger partial charge on any atom is -0.507 e. The molecule has 2 aromatic carbocycles. The van der Waals surface area contributed by atoms with Gasteiger partial charge < -0.3 is 19.7 Å². The fourth-order valence-corrected chi connectivity index (χ4v) is 4.43. The molecular formula is C23H19NO6S. The second-order valence-electron chi connectivity index (χ2n) is 6.74. The van der Waals surface area contributed by atoms with Gasteiger partial charge in [-0.15, -0.1) is 11.3 Å². The van der Waals surface area contributed by atoms with Crippen molar-refractivity contribution in [1.82, 2.24) is 0 Å². The van der Waals surface area contributed by atoms with Gasteiger partial charge in [0.05, 0.1) is 31.0 Å². The molecular weight excluding hydrogens is 418 g/mol. The van der Waals surface area contributed by atoms with E-state index in [0.717, 1.165) is 0 Å². The van der Waals surface area contributed by atoms with Crippen LogP contribution in [-0.2, 0) is 9.59 Å². The largest absolute Gasteiger partial charge is 0.507 e. The normalized spacial score (nSPS) is 17.7. The molecule has 1 amide bonds. The van der Waals surface area contributed by atoms with E-state index in [-0.39, 0.29) is 28.3 Å². The number of methoxy groups -OCH3 is 2. The topological polar surface area (TPSA) is 96.3 Å². The van der Waals surface area contributed by atoms with E-state index < -0.39 is 17.7 Å². The molecule has 1 atom stereocenters. The lowest BCUT2D eigenvalue weighted by molar-refractivity contribution is -0.132. The van der Waals surface area contributed by atoms with E-state index in [1.165, 1.54) is 42.6 Å². The number of para-hydroxylation sites is 2. The molecule has 1 aliphatic heterocycles. The van der Waals surface area contributed by atoms with Crippen LogP contribution >= 0.6 is 11.3 Å². The van der Waals surface area contributed by atoms with Gasteiger partial charge in [-0.1, -0.05) is 18.2 Å². The van der Waals surface area contributed by atoms with E-state index in [1.54, 1.807) is 42.5 Å². The predicted molar refractivity (Wildman–Crippen MR) is 117 cm³/mol. The van der Waals surface area contributed by atoms with Crippen molar-refractivity contribution in [3.63, 3.8) is 0 Å². The Balaban J connectivity index is 1.98. The zero-order chi connectivity index (χ0) is 22.1. The fraction of sp³-hybridized carbons (Fsp3) is 0.130. The van der Waals surface area contributed by atoms with Gasteiger partial charge in [0.25, 0.3) is 11.7 Å². The number of hydrogen-bond acceptors (Lipinski definition) is 7. The van der Waals surface area contributed by atoms with Gasteiger partial charge in [0.15, 0.2) is 0 Å². The van der Waals surface area contributed by atoms with Crippen LogP contribution in [0.3, 0.4) is 0 Å². The van der Waals surface area contributed by atoms with Crippen molar-refractivity contribution < 1.29 is 29.3 Å². The minimum absolute atomic E-state index is 0.0951. The number of hydrogen-bond donors (Lipinski definition) is 2. The van der Waals surface area contributed by atoms with Crippen LogP contribution in [-0.4, -0.2) is 36.1 Å². The van der Waals surface area contributed by atoms with E-state index in [2.05, 4.69) is 0 Å². The number of thiophene rings is 1. The highest BCUT2D eigenvalue weighted by molar-refractivity contribution is 7.10. The van der Waals surface area contributed by atoms with Crippen molar-refractivity contribution in [2.75, 3.05) is 19.1 Å². The number of anilines is 1. The van der Waals surface area contributed by atoms with E-state index in [1.807, 2.05) is 5.38 Å². The average Bonchev–Trinajstić information content (AvgIpc) is 3.40. The minimum atomic E-state index is -0.913. The Kier molecular flexibility index (Phi) is 5.39. The number of carbonyl (C=O) groups is 2. The van der Waals surface area contributed by atoms with Crippen molar-refractivity contribution in [2.24, 2.45) is 0 Å². The van der Waals surface area contributed by atoms with Crippen LogP contribution in [0.4, 0.5) is 5.69 Å². The number of aromatic hydroxyl groups is 1. The number of nitrogens with zero attached hydrogens (tertiary/aromatic N) is 1. The van der Waals surface area contributed by atoms with Crippen molar-refractivity contribution in [1.29, 1.82) is 0 Å². The Bertz CT molecular complexity index is 1180. The lowest BCUT2D eigenvalue weighted by Gasteiger charge is -2.24. The zero-order valence-electron chi connectivity index (χ0n) is 16.7. The first-order valence-corrected chi connectivity index (χ1v) is 10.2. The third-order valence-electron chi connectivity index (χ3n) is 5.06. The SMILES string of the molecule is COc1ccc(OC)c(/C(O)=C2/C(=O)C(=O)N(c3ccccc3O)C2c2cccs2)c1. The summed E-state index contributed by atoms with van der Waals surface area (Å²) in [5.41, 5.74) is 0.306. The number of aliphatic hydroxyl groups excluding tert-OH is 1. The number of benzene rings is 2. The third kappa shape index (κ3) is 3.40. The van der Waals surface area contributed by atoms with Gasteiger partial charge in [0.2, 0.25) is 0 Å². The number of phenols is 1. The highest BCUT2D eigenvalue weighted by Gasteiger charge is 2.48. The number of phenolic OH excluding ortho intramolecular Hbond substituents is 1. The van der Waals surface area contributed by atoms with Crippen LogP contribution in [0.1, 0.15) is 16.5 Å². The molecule has 1 fully saturated rings. The molecule has 0 spiro atoms. The molecule has 1 aliphatic rings. The Hall–Kier alpha value is -3.78. The monoisotopic (exact) mass is 437 g/mol. The van der Waals surface area contributed by atoms with E-state index in [9.17, 15) is 19.8 Å². The molecule has 3 aromatic rings. The van der Waals surface area contributed by atoms with Crippen LogP contribution in [0.2, 0.25) is 0 Å². The van der Waals surface area contributed by atoms with Crippen LogP contribution in [0, 0.1) is 0 Å². The maximum atomic E-state index is 13.1. The number of Topliss-reactive ketones (excluding diaryl/α,β-unsaturated/α-hetero) is 1.